The molecule has 4 rings (SSSR count). The molecule has 1 saturated heterocycles. The highest BCUT2D eigenvalue weighted by atomic mass is 35.5. The first-order valence-electron chi connectivity index (χ1n) is 9.42. The van der Waals surface area contributed by atoms with E-state index in [0.29, 0.717) is 23.6 Å². The number of methoxy groups -OCH3 is 1. The fourth-order valence-corrected chi connectivity index (χ4v) is 3.66. The summed E-state index contributed by atoms with van der Waals surface area (Å²) in [5, 5.41) is 14.9. The van der Waals surface area contributed by atoms with Crippen molar-refractivity contribution in [3.8, 4) is 17.1 Å². The van der Waals surface area contributed by atoms with Crippen molar-refractivity contribution in [1.82, 2.24) is 15.2 Å². The van der Waals surface area contributed by atoms with Gasteiger partial charge in [0.15, 0.2) is 0 Å². The lowest BCUT2D eigenvalue weighted by Gasteiger charge is -2.35. The van der Waals surface area contributed by atoms with Gasteiger partial charge in [0.2, 0.25) is 0 Å². The summed E-state index contributed by atoms with van der Waals surface area (Å²) in [6.07, 6.45) is 3.60. The molecule has 3 heterocycles. The average Bonchev–Trinajstić information content (AvgIpc) is 3.22. The van der Waals surface area contributed by atoms with Crippen LogP contribution in [0.15, 0.2) is 59.3 Å². The molecule has 1 fully saturated rings. The third-order valence-corrected chi connectivity index (χ3v) is 5.13. The van der Waals surface area contributed by atoms with Crippen LogP contribution in [0.5, 0.6) is 5.75 Å². The van der Waals surface area contributed by atoms with Gasteiger partial charge in [-0.3, -0.25) is 20.0 Å². The third kappa shape index (κ3) is 4.62. The van der Waals surface area contributed by atoms with Crippen molar-refractivity contribution in [1.29, 1.82) is 0 Å². The topological polar surface area (TPSA) is 93.7 Å². The Morgan fingerprint density at radius 3 is 2.80 bits per heavy atom. The zero-order chi connectivity index (χ0) is 20.2. The molecule has 8 nitrogen and oxygen atoms in total. The average molecular weight is 431 g/mol. The van der Waals surface area contributed by atoms with E-state index in [1.54, 1.807) is 30.6 Å². The molecular weight excluding hydrogens is 408 g/mol. The van der Waals surface area contributed by atoms with Crippen LogP contribution in [0, 0.1) is 10.1 Å². The molecule has 1 unspecified atom stereocenters. The van der Waals surface area contributed by atoms with Gasteiger partial charge in [-0.05, 0) is 42.0 Å². The number of hydrogen-bond donors (Lipinski definition) is 1. The highest BCUT2D eigenvalue weighted by Gasteiger charge is 2.25. The molecule has 1 aliphatic rings. The molecule has 2 aromatic heterocycles. The van der Waals surface area contributed by atoms with Crippen LogP contribution in [0.3, 0.4) is 0 Å². The number of nitrogens with zero attached hydrogens (tertiary/aromatic N) is 3. The number of ether oxygens (including phenoxy) is 1. The first-order valence-corrected chi connectivity index (χ1v) is 9.42. The van der Waals surface area contributed by atoms with E-state index in [0.717, 1.165) is 25.4 Å². The zero-order valence-electron chi connectivity index (χ0n) is 16.5. The maximum atomic E-state index is 11.5. The molecular formula is C21H23ClN4O4. The van der Waals surface area contributed by atoms with Gasteiger partial charge in [0, 0.05) is 38.1 Å². The van der Waals surface area contributed by atoms with E-state index in [1.165, 1.54) is 18.7 Å². The van der Waals surface area contributed by atoms with E-state index in [1.807, 2.05) is 18.2 Å². The lowest BCUT2D eigenvalue weighted by molar-refractivity contribution is -0.384. The minimum Gasteiger partial charge on any atom is -0.497 e. The monoisotopic (exact) mass is 430 g/mol. The van der Waals surface area contributed by atoms with Crippen molar-refractivity contribution in [2.45, 2.75) is 12.6 Å². The normalized spacial score (nSPS) is 16.6. The number of hydrogen-bond acceptors (Lipinski definition) is 7. The number of halogens is 1. The molecule has 0 spiro atoms. The Hall–Kier alpha value is -2.94. The highest BCUT2D eigenvalue weighted by Crippen LogP contribution is 2.35. The highest BCUT2D eigenvalue weighted by molar-refractivity contribution is 5.85. The Morgan fingerprint density at radius 1 is 1.27 bits per heavy atom. The van der Waals surface area contributed by atoms with Gasteiger partial charge in [0.1, 0.15) is 17.3 Å². The van der Waals surface area contributed by atoms with Gasteiger partial charge in [0.25, 0.3) is 5.69 Å². The third-order valence-electron chi connectivity index (χ3n) is 5.13. The lowest BCUT2D eigenvalue weighted by atomic mass is 10.0. The zero-order valence-corrected chi connectivity index (χ0v) is 17.3. The van der Waals surface area contributed by atoms with Gasteiger partial charge in [-0.15, -0.1) is 12.4 Å². The summed E-state index contributed by atoms with van der Waals surface area (Å²) in [5.41, 5.74) is 1.60. The molecule has 1 aliphatic heterocycles. The van der Waals surface area contributed by atoms with Gasteiger partial charge in [0.05, 0.1) is 30.2 Å². The Morgan fingerprint density at radius 2 is 2.07 bits per heavy atom. The minimum atomic E-state index is -0.421. The molecule has 1 N–H and O–H groups in total. The molecule has 3 aromatic rings. The number of nitro groups is 1. The summed E-state index contributed by atoms with van der Waals surface area (Å²) in [5.74, 6) is 1.68. The molecule has 9 heteroatoms. The Labute approximate surface area is 180 Å². The molecule has 0 bridgehead atoms. The van der Waals surface area contributed by atoms with Crippen molar-refractivity contribution >= 4 is 18.1 Å². The van der Waals surface area contributed by atoms with Gasteiger partial charge in [-0.25, -0.2) is 0 Å². The van der Waals surface area contributed by atoms with E-state index in [9.17, 15) is 10.1 Å². The van der Waals surface area contributed by atoms with Gasteiger partial charge in [-0.2, -0.15) is 0 Å². The fraction of sp³-hybridized carbons (Fsp3) is 0.286. The summed E-state index contributed by atoms with van der Waals surface area (Å²) < 4.78 is 11.1. The van der Waals surface area contributed by atoms with Crippen LogP contribution in [-0.2, 0) is 6.54 Å². The van der Waals surface area contributed by atoms with Crippen molar-refractivity contribution in [2.24, 2.45) is 0 Å². The van der Waals surface area contributed by atoms with Crippen LogP contribution in [0.25, 0.3) is 11.3 Å². The predicted molar refractivity (Wildman–Crippen MR) is 115 cm³/mol. The largest absolute Gasteiger partial charge is 0.497 e. The van der Waals surface area contributed by atoms with E-state index in [4.69, 9.17) is 9.15 Å². The number of furan rings is 1. The Kier molecular flexibility index (Phi) is 7.04. The molecule has 0 amide bonds. The maximum Gasteiger partial charge on any atom is 0.284 e. The molecule has 158 valence electrons. The number of nitro benzene ring substituents is 1. The minimum absolute atomic E-state index is 0. The predicted octanol–water partition coefficient (Wildman–Crippen LogP) is 3.83. The van der Waals surface area contributed by atoms with Gasteiger partial charge < -0.3 is 14.5 Å². The molecule has 1 atom stereocenters. The fourth-order valence-electron chi connectivity index (χ4n) is 3.66. The van der Waals surface area contributed by atoms with Crippen LogP contribution in [-0.4, -0.2) is 41.6 Å². The Bertz CT molecular complexity index is 996. The smallest absolute Gasteiger partial charge is 0.284 e. The van der Waals surface area contributed by atoms with Crippen molar-refractivity contribution in [3.05, 3.63) is 76.3 Å². The summed E-state index contributed by atoms with van der Waals surface area (Å²) in [4.78, 5) is 17.5. The summed E-state index contributed by atoms with van der Waals surface area (Å²) >= 11 is 0. The van der Waals surface area contributed by atoms with E-state index < -0.39 is 4.92 Å². The van der Waals surface area contributed by atoms with Gasteiger partial charge in [-0.1, -0.05) is 0 Å². The van der Waals surface area contributed by atoms with E-state index in [2.05, 4.69) is 15.2 Å². The van der Waals surface area contributed by atoms with Crippen molar-refractivity contribution in [3.63, 3.8) is 0 Å². The lowest BCUT2D eigenvalue weighted by Crippen LogP contribution is -2.45. The quantitative estimate of drug-likeness (QED) is 0.469. The van der Waals surface area contributed by atoms with Crippen LogP contribution in [0.4, 0.5) is 5.69 Å². The van der Waals surface area contributed by atoms with Crippen LogP contribution >= 0.6 is 12.4 Å². The second kappa shape index (κ2) is 9.71. The van der Waals surface area contributed by atoms with Crippen LogP contribution in [0.2, 0.25) is 0 Å². The molecule has 1 aromatic carbocycles. The second-order valence-corrected chi connectivity index (χ2v) is 6.88. The standard InChI is InChI=1S/C21H22N4O4.ClH/c1-28-16-2-4-18(19(12-16)25(26)27)21-5-3-17(29-21)14-24-11-10-23-13-20(24)15-6-8-22-9-7-15;/h2-9,12,20,23H,10-11,13-14H2,1H3;1H. The number of aromatic nitrogens is 1. The maximum absolute atomic E-state index is 11.5. The molecule has 0 radical (unpaired) electrons. The van der Waals surface area contributed by atoms with Crippen molar-refractivity contribution < 1.29 is 14.1 Å². The van der Waals surface area contributed by atoms with Crippen molar-refractivity contribution in [2.75, 3.05) is 26.7 Å². The summed E-state index contributed by atoms with van der Waals surface area (Å²) in [6, 6.07) is 12.7. The number of piperazine rings is 1. The first kappa shape index (κ1) is 21.8. The first-order chi connectivity index (χ1) is 14.2. The SMILES string of the molecule is COc1ccc(-c2ccc(CN3CCNCC3c3ccncc3)o2)c([N+](=O)[O-])c1.Cl. The van der Waals surface area contributed by atoms with Crippen LogP contribution in [0.1, 0.15) is 17.4 Å². The number of benzene rings is 1. The number of rotatable bonds is 6. The molecule has 0 aliphatic carbocycles. The number of nitrogens with one attached hydrogen (secondary N) is 1. The van der Waals surface area contributed by atoms with E-state index in [-0.39, 0.29) is 24.1 Å². The molecule has 30 heavy (non-hydrogen) atoms. The molecule has 0 saturated carbocycles. The van der Waals surface area contributed by atoms with Crippen LogP contribution < -0.4 is 10.1 Å². The van der Waals surface area contributed by atoms with E-state index >= 15 is 0 Å². The summed E-state index contributed by atoms with van der Waals surface area (Å²) in [7, 11) is 1.48. The summed E-state index contributed by atoms with van der Waals surface area (Å²) in [6.45, 7) is 3.25. The Balaban J connectivity index is 0.00000256. The number of pyridine rings is 1. The van der Waals surface area contributed by atoms with Gasteiger partial charge >= 0.3 is 0 Å². The second-order valence-electron chi connectivity index (χ2n) is 6.88.